The Bertz CT molecular complexity index is 1640. The smallest absolute Gasteiger partial charge is 0.252 e. The molecule has 0 aliphatic rings. The average Bonchev–Trinajstić information content (AvgIpc) is 2.94. The maximum absolute atomic E-state index is 13.7. The van der Waals surface area contributed by atoms with Crippen LogP contribution >= 0.6 is 11.6 Å². The SMILES string of the molecule is CCC(=O)c1ccc(Cl)cc1-c1cc(=O)n([C@H](CCOC(C)(C)C)C(=O)Nc2ccc3nccnc3c2)cc1OC. The molecule has 2 aromatic carbocycles. The van der Waals surface area contributed by atoms with E-state index < -0.39 is 23.1 Å². The van der Waals surface area contributed by atoms with Gasteiger partial charge in [-0.2, -0.15) is 0 Å². The van der Waals surface area contributed by atoms with Crippen molar-refractivity contribution in [2.45, 2.75) is 52.2 Å². The number of amides is 1. The molecule has 0 unspecified atom stereocenters. The number of rotatable bonds is 10. The second kappa shape index (κ2) is 12.6. The van der Waals surface area contributed by atoms with Gasteiger partial charge in [0.2, 0.25) is 5.91 Å². The molecule has 0 radical (unpaired) electrons. The number of carbonyl (C=O) groups is 2. The summed E-state index contributed by atoms with van der Waals surface area (Å²) in [6.45, 7) is 7.75. The van der Waals surface area contributed by atoms with Crippen LogP contribution in [0.5, 0.6) is 5.75 Å². The molecule has 0 saturated carbocycles. The Kier molecular flexibility index (Phi) is 9.20. The van der Waals surface area contributed by atoms with Crippen LogP contribution in [0.2, 0.25) is 5.02 Å². The molecule has 1 N–H and O–H groups in total. The van der Waals surface area contributed by atoms with E-state index in [1.54, 1.807) is 55.7 Å². The molecule has 9 nitrogen and oxygen atoms in total. The molecule has 0 aliphatic carbocycles. The number of pyridine rings is 1. The zero-order valence-corrected chi connectivity index (χ0v) is 24.5. The van der Waals surface area contributed by atoms with E-state index in [0.29, 0.717) is 44.2 Å². The number of methoxy groups -OCH3 is 1. The second-order valence-electron chi connectivity index (χ2n) is 10.5. The van der Waals surface area contributed by atoms with Crippen LogP contribution in [0, 0.1) is 0 Å². The van der Waals surface area contributed by atoms with E-state index >= 15 is 0 Å². The minimum absolute atomic E-state index is 0.0976. The van der Waals surface area contributed by atoms with Crippen molar-refractivity contribution in [2.24, 2.45) is 0 Å². The number of Topliss-reactive ketones (excluding diaryl/α,β-unsaturated/α-hetero) is 1. The van der Waals surface area contributed by atoms with Gasteiger partial charge in [0.25, 0.3) is 5.56 Å². The number of nitrogens with zero attached hydrogens (tertiary/aromatic N) is 3. The van der Waals surface area contributed by atoms with Crippen LogP contribution in [-0.4, -0.2) is 45.5 Å². The number of hydrogen-bond acceptors (Lipinski definition) is 7. The van der Waals surface area contributed by atoms with Crippen molar-refractivity contribution >= 4 is 40.0 Å². The Morgan fingerprint density at radius 3 is 2.44 bits per heavy atom. The minimum Gasteiger partial charge on any atom is -0.495 e. The monoisotopic (exact) mass is 576 g/mol. The highest BCUT2D eigenvalue weighted by molar-refractivity contribution is 6.31. The van der Waals surface area contributed by atoms with Gasteiger partial charge in [-0.05, 0) is 62.7 Å². The summed E-state index contributed by atoms with van der Waals surface area (Å²) in [5.41, 5.74) is 2.28. The predicted octanol–water partition coefficient (Wildman–Crippen LogP) is 6.10. The Hall–Kier alpha value is -4.08. The van der Waals surface area contributed by atoms with Crippen molar-refractivity contribution < 1.29 is 19.1 Å². The van der Waals surface area contributed by atoms with Crippen molar-refractivity contribution in [3.8, 4) is 16.9 Å². The van der Waals surface area contributed by atoms with Crippen molar-refractivity contribution in [3.63, 3.8) is 0 Å². The third-order valence-electron chi connectivity index (χ3n) is 6.46. The summed E-state index contributed by atoms with van der Waals surface area (Å²) in [5.74, 6) is -0.195. The van der Waals surface area contributed by atoms with Gasteiger partial charge in [-0.25, -0.2) is 0 Å². The van der Waals surface area contributed by atoms with Gasteiger partial charge >= 0.3 is 0 Å². The maximum Gasteiger partial charge on any atom is 0.252 e. The number of benzene rings is 2. The highest BCUT2D eigenvalue weighted by Crippen LogP contribution is 2.34. The van der Waals surface area contributed by atoms with Gasteiger partial charge in [0.15, 0.2) is 5.78 Å². The van der Waals surface area contributed by atoms with E-state index in [9.17, 15) is 14.4 Å². The van der Waals surface area contributed by atoms with E-state index in [4.69, 9.17) is 21.1 Å². The molecule has 214 valence electrons. The summed E-state index contributed by atoms with van der Waals surface area (Å²) >= 11 is 6.27. The summed E-state index contributed by atoms with van der Waals surface area (Å²) in [4.78, 5) is 48.5. The molecule has 1 atom stereocenters. The molecule has 0 fully saturated rings. The quantitative estimate of drug-likeness (QED) is 0.227. The molecule has 10 heteroatoms. The number of anilines is 1. The first-order valence-corrected chi connectivity index (χ1v) is 13.7. The van der Waals surface area contributed by atoms with Gasteiger partial charge in [0.05, 0.1) is 29.9 Å². The Labute approximate surface area is 243 Å². The first-order chi connectivity index (χ1) is 19.5. The third kappa shape index (κ3) is 7.17. The van der Waals surface area contributed by atoms with Gasteiger partial charge in [-0.3, -0.25) is 28.9 Å². The maximum atomic E-state index is 13.7. The van der Waals surface area contributed by atoms with Gasteiger partial charge in [-0.1, -0.05) is 18.5 Å². The zero-order chi connectivity index (χ0) is 29.7. The molecule has 2 heterocycles. The number of nitrogens with one attached hydrogen (secondary N) is 1. The molecular formula is C31H33ClN4O5. The molecule has 0 aliphatic heterocycles. The van der Waals surface area contributed by atoms with Crippen LogP contribution in [0.25, 0.3) is 22.2 Å². The predicted molar refractivity (Wildman–Crippen MR) is 160 cm³/mol. The molecule has 4 aromatic rings. The third-order valence-corrected chi connectivity index (χ3v) is 6.69. The van der Waals surface area contributed by atoms with E-state index in [2.05, 4.69) is 15.3 Å². The van der Waals surface area contributed by atoms with E-state index in [0.717, 1.165) is 0 Å². The summed E-state index contributed by atoms with van der Waals surface area (Å²) in [6.07, 6.45) is 5.17. The van der Waals surface area contributed by atoms with Crippen molar-refractivity contribution in [1.29, 1.82) is 0 Å². The first kappa shape index (κ1) is 29.9. The van der Waals surface area contributed by atoms with Crippen LogP contribution in [0.3, 0.4) is 0 Å². The fourth-order valence-electron chi connectivity index (χ4n) is 4.46. The Morgan fingerprint density at radius 1 is 1.02 bits per heavy atom. The van der Waals surface area contributed by atoms with E-state index in [1.807, 2.05) is 20.8 Å². The molecular weight excluding hydrogens is 544 g/mol. The number of carbonyl (C=O) groups excluding carboxylic acids is 2. The lowest BCUT2D eigenvalue weighted by molar-refractivity contribution is -0.120. The molecule has 2 aromatic heterocycles. The molecule has 1 amide bonds. The standard InChI is InChI=1S/C31H33ClN4O5/c1-6-27(37)21-9-7-19(32)15-22(21)23-17-29(38)36(18-28(23)40-5)26(11-14-41-31(2,3)4)30(39)35-20-8-10-24-25(16-20)34-13-12-33-24/h7-10,12-13,15-18,26H,6,11,14H2,1-5H3,(H,35,39)/t26-/m1/s1. The largest absolute Gasteiger partial charge is 0.495 e. The highest BCUT2D eigenvalue weighted by atomic mass is 35.5. The van der Waals surface area contributed by atoms with Crippen LogP contribution in [0.4, 0.5) is 5.69 Å². The summed E-state index contributed by atoms with van der Waals surface area (Å²) in [6, 6.07) is 10.6. The van der Waals surface area contributed by atoms with Crippen molar-refractivity contribution in [1.82, 2.24) is 14.5 Å². The minimum atomic E-state index is -0.929. The molecule has 0 spiro atoms. The van der Waals surface area contributed by atoms with Crippen LogP contribution in [0.15, 0.2) is 65.8 Å². The lowest BCUT2D eigenvalue weighted by Gasteiger charge is -2.24. The lowest BCUT2D eigenvalue weighted by Crippen LogP contribution is -2.34. The fourth-order valence-corrected chi connectivity index (χ4v) is 4.63. The molecule has 41 heavy (non-hydrogen) atoms. The number of ketones is 1. The molecule has 0 bridgehead atoms. The average molecular weight is 577 g/mol. The summed E-state index contributed by atoms with van der Waals surface area (Å²) < 4.78 is 12.9. The number of hydrogen-bond donors (Lipinski definition) is 1. The lowest BCUT2D eigenvalue weighted by atomic mass is 9.96. The number of fused-ring (bicyclic) bond motifs is 1. The van der Waals surface area contributed by atoms with Crippen LogP contribution in [-0.2, 0) is 9.53 Å². The first-order valence-electron chi connectivity index (χ1n) is 13.3. The molecule has 4 rings (SSSR count). The number of aromatic nitrogens is 3. The van der Waals surface area contributed by atoms with Gasteiger partial charge in [-0.15, -0.1) is 0 Å². The zero-order valence-electron chi connectivity index (χ0n) is 23.7. The van der Waals surface area contributed by atoms with Crippen molar-refractivity contribution in [2.75, 3.05) is 19.0 Å². The van der Waals surface area contributed by atoms with Gasteiger partial charge in [0, 0.05) is 59.7 Å². The topological polar surface area (TPSA) is 112 Å². The van der Waals surface area contributed by atoms with Gasteiger partial charge < -0.3 is 14.8 Å². The van der Waals surface area contributed by atoms with E-state index in [1.165, 1.54) is 23.9 Å². The summed E-state index contributed by atoms with van der Waals surface area (Å²) in [5, 5.41) is 3.32. The summed E-state index contributed by atoms with van der Waals surface area (Å²) in [7, 11) is 1.47. The normalized spacial score (nSPS) is 12.2. The van der Waals surface area contributed by atoms with Crippen LogP contribution in [0.1, 0.15) is 56.9 Å². The highest BCUT2D eigenvalue weighted by Gasteiger charge is 2.26. The van der Waals surface area contributed by atoms with E-state index in [-0.39, 0.29) is 25.2 Å². The van der Waals surface area contributed by atoms with Crippen molar-refractivity contribution in [3.05, 3.63) is 82.0 Å². The van der Waals surface area contributed by atoms with Gasteiger partial charge in [0.1, 0.15) is 11.8 Å². The second-order valence-corrected chi connectivity index (χ2v) is 10.9. The number of halogens is 1. The van der Waals surface area contributed by atoms with Crippen LogP contribution < -0.4 is 15.6 Å². The Balaban J connectivity index is 1.75. The molecule has 0 saturated heterocycles. The fraction of sp³-hybridized carbons (Fsp3) is 0.323. The Morgan fingerprint density at radius 2 is 1.76 bits per heavy atom. The number of ether oxygens (including phenoxy) is 2.